The first kappa shape index (κ1) is 21.2. The van der Waals surface area contributed by atoms with Gasteiger partial charge in [0.2, 0.25) is 5.91 Å². The standard InChI is InChI=1S/C25H30N2O4/c1-4-17-6-5-7-19-21(16-26-25(17)19)20(15-24(28)27-10-12-31-13-11-27)18-8-9-22(29-2)23(14-18)30-3/h5-9,14,16,20,26H,4,10-13,15H2,1-3H3/t20-/m0/s1. The van der Waals surface area contributed by atoms with Crippen LogP contribution in [0, 0.1) is 0 Å². The number of carbonyl (C=O) groups is 1. The molecule has 0 radical (unpaired) electrons. The van der Waals surface area contributed by atoms with E-state index in [1.807, 2.05) is 23.1 Å². The van der Waals surface area contributed by atoms with E-state index in [1.54, 1.807) is 14.2 Å². The Labute approximate surface area is 183 Å². The second-order valence-electron chi connectivity index (χ2n) is 7.80. The smallest absolute Gasteiger partial charge is 0.223 e. The van der Waals surface area contributed by atoms with Crippen molar-refractivity contribution in [3.8, 4) is 11.5 Å². The first-order valence-corrected chi connectivity index (χ1v) is 10.8. The Morgan fingerprint density at radius 3 is 2.61 bits per heavy atom. The van der Waals surface area contributed by atoms with Crippen LogP contribution >= 0.6 is 0 Å². The lowest BCUT2D eigenvalue weighted by Crippen LogP contribution is -2.41. The minimum absolute atomic E-state index is 0.101. The Morgan fingerprint density at radius 2 is 1.90 bits per heavy atom. The minimum atomic E-state index is -0.101. The van der Waals surface area contributed by atoms with Crippen molar-refractivity contribution in [1.29, 1.82) is 0 Å². The van der Waals surface area contributed by atoms with E-state index in [-0.39, 0.29) is 11.8 Å². The molecule has 1 aromatic heterocycles. The van der Waals surface area contributed by atoms with Crippen molar-refractivity contribution in [3.63, 3.8) is 0 Å². The predicted molar refractivity (Wildman–Crippen MR) is 121 cm³/mol. The molecule has 1 aliphatic heterocycles. The van der Waals surface area contributed by atoms with Crippen molar-refractivity contribution in [2.24, 2.45) is 0 Å². The van der Waals surface area contributed by atoms with Gasteiger partial charge in [0.1, 0.15) is 0 Å². The zero-order valence-electron chi connectivity index (χ0n) is 18.4. The minimum Gasteiger partial charge on any atom is -0.493 e. The first-order chi connectivity index (χ1) is 15.2. The number of benzene rings is 2. The fourth-order valence-corrected chi connectivity index (χ4v) is 4.42. The predicted octanol–water partition coefficient (Wildman–Crippen LogP) is 4.13. The highest BCUT2D eigenvalue weighted by molar-refractivity contribution is 5.88. The third-order valence-electron chi connectivity index (χ3n) is 6.14. The van der Waals surface area contributed by atoms with E-state index in [0.717, 1.165) is 28.5 Å². The van der Waals surface area contributed by atoms with E-state index in [2.05, 4.69) is 36.3 Å². The van der Waals surface area contributed by atoms with Gasteiger partial charge in [0, 0.05) is 42.5 Å². The van der Waals surface area contributed by atoms with Crippen LogP contribution < -0.4 is 9.47 Å². The largest absolute Gasteiger partial charge is 0.493 e. The quantitative estimate of drug-likeness (QED) is 0.622. The summed E-state index contributed by atoms with van der Waals surface area (Å²) in [5.74, 6) is 1.38. The highest BCUT2D eigenvalue weighted by Crippen LogP contribution is 2.38. The van der Waals surface area contributed by atoms with Crippen molar-refractivity contribution < 1.29 is 19.0 Å². The van der Waals surface area contributed by atoms with E-state index in [4.69, 9.17) is 14.2 Å². The van der Waals surface area contributed by atoms with Crippen LogP contribution in [0.2, 0.25) is 0 Å². The number of nitrogens with zero attached hydrogens (tertiary/aromatic N) is 1. The molecule has 4 rings (SSSR count). The molecule has 3 aromatic rings. The van der Waals surface area contributed by atoms with Gasteiger partial charge in [-0.1, -0.05) is 31.2 Å². The van der Waals surface area contributed by atoms with E-state index in [9.17, 15) is 4.79 Å². The second-order valence-corrected chi connectivity index (χ2v) is 7.80. The summed E-state index contributed by atoms with van der Waals surface area (Å²) in [6, 6.07) is 12.3. The summed E-state index contributed by atoms with van der Waals surface area (Å²) in [5, 5.41) is 1.16. The Hall–Kier alpha value is -2.99. The number of aryl methyl sites for hydroxylation is 1. The van der Waals surface area contributed by atoms with E-state index in [1.165, 1.54) is 5.56 Å². The molecular weight excluding hydrogens is 392 g/mol. The molecule has 1 atom stereocenters. The van der Waals surface area contributed by atoms with Gasteiger partial charge >= 0.3 is 0 Å². The third-order valence-corrected chi connectivity index (χ3v) is 6.14. The molecule has 6 heteroatoms. The molecule has 2 heterocycles. The van der Waals surface area contributed by atoms with Crippen molar-refractivity contribution in [1.82, 2.24) is 9.88 Å². The third kappa shape index (κ3) is 4.26. The number of aromatic amines is 1. The Balaban J connectivity index is 1.77. The number of morpholine rings is 1. The zero-order valence-corrected chi connectivity index (χ0v) is 18.4. The number of carbonyl (C=O) groups excluding carboxylic acids is 1. The lowest BCUT2D eigenvalue weighted by Gasteiger charge is -2.29. The molecule has 164 valence electrons. The molecule has 1 saturated heterocycles. The number of nitrogens with one attached hydrogen (secondary N) is 1. The Morgan fingerprint density at radius 1 is 1.13 bits per heavy atom. The summed E-state index contributed by atoms with van der Waals surface area (Å²) in [5.41, 5.74) is 4.57. The van der Waals surface area contributed by atoms with Crippen LogP contribution in [0.15, 0.2) is 42.6 Å². The SMILES string of the molecule is CCc1cccc2c([C@@H](CC(=O)N3CCOCC3)c3ccc(OC)c(OC)c3)c[nH]c12. The monoisotopic (exact) mass is 422 g/mol. The van der Waals surface area contributed by atoms with Gasteiger partial charge in [-0.15, -0.1) is 0 Å². The number of hydrogen-bond donors (Lipinski definition) is 1. The molecule has 0 unspecified atom stereocenters. The fraction of sp³-hybridized carbons (Fsp3) is 0.400. The molecule has 1 N–H and O–H groups in total. The molecule has 2 aromatic carbocycles. The number of aromatic nitrogens is 1. The topological polar surface area (TPSA) is 63.8 Å². The molecule has 6 nitrogen and oxygen atoms in total. The van der Waals surface area contributed by atoms with E-state index in [0.29, 0.717) is 44.2 Å². The number of rotatable bonds is 7. The number of hydrogen-bond acceptors (Lipinski definition) is 4. The average Bonchev–Trinajstić information content (AvgIpc) is 3.26. The van der Waals surface area contributed by atoms with Gasteiger partial charge in [-0.05, 0) is 35.2 Å². The zero-order chi connectivity index (χ0) is 21.8. The van der Waals surface area contributed by atoms with Gasteiger partial charge in [-0.3, -0.25) is 4.79 Å². The number of fused-ring (bicyclic) bond motifs is 1. The Bertz CT molecular complexity index is 1050. The van der Waals surface area contributed by atoms with Crippen molar-refractivity contribution in [3.05, 3.63) is 59.3 Å². The molecule has 1 fully saturated rings. The number of methoxy groups -OCH3 is 2. The van der Waals surface area contributed by atoms with Crippen LogP contribution in [0.5, 0.6) is 11.5 Å². The van der Waals surface area contributed by atoms with Gasteiger partial charge in [-0.2, -0.15) is 0 Å². The van der Waals surface area contributed by atoms with E-state index < -0.39 is 0 Å². The molecule has 0 spiro atoms. The molecule has 1 aliphatic rings. The Kier molecular flexibility index (Phi) is 6.47. The van der Waals surface area contributed by atoms with Crippen molar-refractivity contribution in [2.45, 2.75) is 25.7 Å². The van der Waals surface area contributed by atoms with Crippen LogP contribution in [0.3, 0.4) is 0 Å². The second kappa shape index (κ2) is 9.43. The summed E-state index contributed by atoms with van der Waals surface area (Å²) in [4.78, 5) is 18.6. The number of para-hydroxylation sites is 1. The lowest BCUT2D eigenvalue weighted by atomic mass is 9.87. The molecule has 0 aliphatic carbocycles. The highest BCUT2D eigenvalue weighted by Gasteiger charge is 2.26. The summed E-state index contributed by atoms with van der Waals surface area (Å²) >= 11 is 0. The van der Waals surface area contributed by atoms with Crippen LogP contribution in [-0.2, 0) is 16.0 Å². The number of ether oxygens (including phenoxy) is 3. The van der Waals surface area contributed by atoms with Crippen LogP contribution in [0.25, 0.3) is 10.9 Å². The van der Waals surface area contributed by atoms with Crippen molar-refractivity contribution in [2.75, 3.05) is 40.5 Å². The molecular formula is C25H30N2O4. The maximum Gasteiger partial charge on any atom is 0.223 e. The van der Waals surface area contributed by atoms with E-state index >= 15 is 0 Å². The molecule has 1 amide bonds. The number of H-pyrrole nitrogens is 1. The van der Waals surface area contributed by atoms with Gasteiger partial charge in [0.25, 0.3) is 0 Å². The maximum absolute atomic E-state index is 13.2. The summed E-state index contributed by atoms with van der Waals surface area (Å²) in [6.45, 7) is 4.64. The van der Waals surface area contributed by atoms with Gasteiger partial charge in [-0.25, -0.2) is 0 Å². The summed E-state index contributed by atoms with van der Waals surface area (Å²) < 4.78 is 16.4. The number of amides is 1. The highest BCUT2D eigenvalue weighted by atomic mass is 16.5. The van der Waals surface area contributed by atoms with Crippen LogP contribution in [0.4, 0.5) is 0 Å². The summed E-state index contributed by atoms with van der Waals surface area (Å²) in [6.07, 6.45) is 3.39. The van der Waals surface area contributed by atoms with Crippen LogP contribution in [0.1, 0.15) is 36.0 Å². The summed E-state index contributed by atoms with van der Waals surface area (Å²) in [7, 11) is 3.26. The normalized spacial score (nSPS) is 15.1. The lowest BCUT2D eigenvalue weighted by molar-refractivity contribution is -0.135. The average molecular weight is 423 g/mol. The van der Waals surface area contributed by atoms with Gasteiger partial charge < -0.3 is 24.1 Å². The molecule has 0 bridgehead atoms. The first-order valence-electron chi connectivity index (χ1n) is 10.8. The molecule has 31 heavy (non-hydrogen) atoms. The van der Waals surface area contributed by atoms with Gasteiger partial charge in [0.15, 0.2) is 11.5 Å². The van der Waals surface area contributed by atoms with Gasteiger partial charge in [0.05, 0.1) is 27.4 Å². The van der Waals surface area contributed by atoms with Crippen molar-refractivity contribution >= 4 is 16.8 Å². The maximum atomic E-state index is 13.2. The molecule has 0 saturated carbocycles. The fourth-order valence-electron chi connectivity index (χ4n) is 4.42. The van der Waals surface area contributed by atoms with Crippen LogP contribution in [-0.4, -0.2) is 56.3 Å².